The van der Waals surface area contributed by atoms with Crippen molar-refractivity contribution in [1.82, 2.24) is 10.2 Å². The molecule has 9 heteroatoms. The Morgan fingerprint density at radius 2 is 2.21 bits per heavy atom. The molecule has 0 aliphatic rings. The number of sulfonamides is 1. The molecule has 2 N–H and O–H groups in total. The van der Waals surface area contributed by atoms with Crippen molar-refractivity contribution < 1.29 is 13.5 Å². The standard InChI is InChI=1S/C10H10BrN3O3S2/c1-6-2-7(4-15)3-8(9(6)11)19(16,17)14-10-13-12-5-18-10/h2-3,5,15H,4H2,1H3,(H,13,14). The number of nitrogens with zero attached hydrogens (tertiary/aromatic N) is 2. The lowest BCUT2D eigenvalue weighted by Crippen LogP contribution is -2.14. The summed E-state index contributed by atoms with van der Waals surface area (Å²) in [7, 11) is -3.77. The average molecular weight is 364 g/mol. The van der Waals surface area contributed by atoms with Crippen LogP contribution in [0.2, 0.25) is 0 Å². The van der Waals surface area contributed by atoms with E-state index in [9.17, 15) is 8.42 Å². The average Bonchev–Trinajstić information content (AvgIpc) is 2.84. The minimum absolute atomic E-state index is 0.0618. The zero-order valence-electron chi connectivity index (χ0n) is 9.79. The summed E-state index contributed by atoms with van der Waals surface area (Å²) in [6.07, 6.45) is 0. The van der Waals surface area contributed by atoms with Gasteiger partial charge in [0.05, 0.1) is 6.61 Å². The lowest BCUT2D eigenvalue weighted by molar-refractivity contribution is 0.281. The van der Waals surface area contributed by atoms with Gasteiger partial charge in [0.25, 0.3) is 10.0 Å². The number of hydrogen-bond acceptors (Lipinski definition) is 6. The van der Waals surface area contributed by atoms with E-state index in [4.69, 9.17) is 5.11 Å². The van der Waals surface area contributed by atoms with Crippen molar-refractivity contribution in [2.75, 3.05) is 4.72 Å². The number of rotatable bonds is 4. The minimum atomic E-state index is -3.77. The summed E-state index contributed by atoms with van der Waals surface area (Å²) < 4.78 is 27.3. The fraction of sp³-hybridized carbons (Fsp3) is 0.200. The number of aliphatic hydroxyl groups is 1. The van der Waals surface area contributed by atoms with Gasteiger partial charge in [0, 0.05) is 4.47 Å². The highest BCUT2D eigenvalue weighted by Crippen LogP contribution is 2.29. The van der Waals surface area contributed by atoms with Crippen molar-refractivity contribution >= 4 is 42.4 Å². The Bertz CT molecular complexity index is 686. The molecule has 2 rings (SSSR count). The first kappa shape index (κ1) is 14.4. The highest BCUT2D eigenvalue weighted by molar-refractivity contribution is 9.10. The molecule has 0 atom stereocenters. The van der Waals surface area contributed by atoms with E-state index in [1.54, 1.807) is 13.0 Å². The van der Waals surface area contributed by atoms with E-state index in [1.165, 1.54) is 11.6 Å². The quantitative estimate of drug-likeness (QED) is 0.865. The van der Waals surface area contributed by atoms with Gasteiger partial charge in [-0.25, -0.2) is 8.42 Å². The highest BCUT2D eigenvalue weighted by atomic mass is 79.9. The topological polar surface area (TPSA) is 92.2 Å². The Morgan fingerprint density at radius 3 is 2.79 bits per heavy atom. The van der Waals surface area contributed by atoms with Gasteiger partial charge >= 0.3 is 0 Å². The van der Waals surface area contributed by atoms with Crippen LogP contribution in [0, 0.1) is 6.92 Å². The van der Waals surface area contributed by atoms with E-state index >= 15 is 0 Å². The van der Waals surface area contributed by atoms with Crippen molar-refractivity contribution in [1.29, 1.82) is 0 Å². The largest absolute Gasteiger partial charge is 0.392 e. The molecular formula is C10H10BrN3O3S2. The Morgan fingerprint density at radius 1 is 1.47 bits per heavy atom. The van der Waals surface area contributed by atoms with E-state index in [-0.39, 0.29) is 16.6 Å². The summed E-state index contributed by atoms with van der Waals surface area (Å²) in [5.74, 6) is 0. The van der Waals surface area contributed by atoms with Crippen LogP contribution in [0.4, 0.5) is 5.13 Å². The van der Waals surface area contributed by atoms with Gasteiger partial charge in [0.1, 0.15) is 10.4 Å². The first-order valence-electron chi connectivity index (χ1n) is 5.13. The smallest absolute Gasteiger partial charge is 0.264 e. The summed E-state index contributed by atoms with van der Waals surface area (Å²) in [5.41, 5.74) is 2.69. The number of aromatic nitrogens is 2. The van der Waals surface area contributed by atoms with Crippen LogP contribution in [-0.4, -0.2) is 23.7 Å². The molecule has 0 amide bonds. The van der Waals surface area contributed by atoms with Crippen LogP contribution >= 0.6 is 27.3 Å². The maximum absolute atomic E-state index is 12.3. The number of aliphatic hydroxyl groups excluding tert-OH is 1. The van der Waals surface area contributed by atoms with Crippen LogP contribution in [0.15, 0.2) is 27.0 Å². The molecule has 0 saturated heterocycles. The first-order valence-corrected chi connectivity index (χ1v) is 8.28. The lowest BCUT2D eigenvalue weighted by atomic mass is 10.1. The van der Waals surface area contributed by atoms with Crippen LogP contribution in [0.25, 0.3) is 0 Å². The number of nitrogens with one attached hydrogen (secondary N) is 1. The normalized spacial score (nSPS) is 11.5. The molecule has 0 radical (unpaired) electrons. The minimum Gasteiger partial charge on any atom is -0.392 e. The van der Waals surface area contributed by atoms with Gasteiger partial charge in [0.15, 0.2) is 0 Å². The molecule has 1 aromatic heterocycles. The number of anilines is 1. The molecule has 0 unspecified atom stereocenters. The second kappa shape index (κ2) is 5.53. The fourth-order valence-electron chi connectivity index (χ4n) is 1.48. The van der Waals surface area contributed by atoms with Crippen LogP contribution in [0.1, 0.15) is 11.1 Å². The Labute approximate surface area is 122 Å². The van der Waals surface area contributed by atoms with Gasteiger partial charge in [-0.3, -0.25) is 4.72 Å². The van der Waals surface area contributed by atoms with E-state index in [0.717, 1.165) is 16.9 Å². The maximum atomic E-state index is 12.3. The molecule has 19 heavy (non-hydrogen) atoms. The molecular weight excluding hydrogens is 354 g/mol. The van der Waals surface area contributed by atoms with Gasteiger partial charge in [-0.15, -0.1) is 10.2 Å². The molecule has 1 heterocycles. The third-order valence-electron chi connectivity index (χ3n) is 2.33. The van der Waals surface area contributed by atoms with Crippen molar-refractivity contribution in [3.8, 4) is 0 Å². The van der Waals surface area contributed by atoms with Gasteiger partial charge in [-0.2, -0.15) is 0 Å². The van der Waals surface area contributed by atoms with Gasteiger partial charge < -0.3 is 5.11 Å². The first-order chi connectivity index (χ1) is 8.94. The van der Waals surface area contributed by atoms with Gasteiger partial charge in [-0.1, -0.05) is 17.4 Å². The third kappa shape index (κ3) is 3.11. The second-order valence-electron chi connectivity index (χ2n) is 3.73. The molecule has 6 nitrogen and oxygen atoms in total. The summed E-state index contributed by atoms with van der Waals surface area (Å²) in [6, 6.07) is 3.13. The van der Waals surface area contributed by atoms with Crippen LogP contribution in [0.3, 0.4) is 0 Å². The lowest BCUT2D eigenvalue weighted by Gasteiger charge is -2.11. The number of halogens is 1. The molecule has 2 aromatic rings. The molecule has 0 spiro atoms. The molecule has 1 aromatic carbocycles. The summed E-state index contributed by atoms with van der Waals surface area (Å²) in [6.45, 7) is 1.53. The maximum Gasteiger partial charge on any atom is 0.264 e. The van der Waals surface area contributed by atoms with E-state index in [0.29, 0.717) is 10.0 Å². The molecule has 0 fully saturated rings. The van der Waals surface area contributed by atoms with Crippen LogP contribution < -0.4 is 4.72 Å². The third-order valence-corrected chi connectivity index (χ3v) is 5.75. The van der Waals surface area contributed by atoms with Crippen molar-refractivity contribution in [3.05, 3.63) is 33.2 Å². The van der Waals surface area contributed by atoms with Gasteiger partial charge in [-0.05, 0) is 40.0 Å². The molecule has 0 bridgehead atoms. The zero-order chi connectivity index (χ0) is 14.0. The Balaban J connectivity index is 2.48. The molecule has 102 valence electrons. The van der Waals surface area contributed by atoms with Crippen LogP contribution in [-0.2, 0) is 16.6 Å². The summed E-state index contributed by atoms with van der Waals surface area (Å²) in [5, 5.41) is 16.5. The van der Waals surface area contributed by atoms with Crippen molar-refractivity contribution in [3.63, 3.8) is 0 Å². The number of hydrogen-bond donors (Lipinski definition) is 2. The van der Waals surface area contributed by atoms with E-state index in [2.05, 4.69) is 30.8 Å². The second-order valence-corrected chi connectivity index (χ2v) is 7.01. The molecule has 0 saturated carbocycles. The zero-order valence-corrected chi connectivity index (χ0v) is 13.0. The molecule has 0 aliphatic carbocycles. The van der Waals surface area contributed by atoms with Crippen LogP contribution in [0.5, 0.6) is 0 Å². The monoisotopic (exact) mass is 363 g/mol. The predicted molar refractivity (Wildman–Crippen MR) is 75.5 cm³/mol. The summed E-state index contributed by atoms with van der Waals surface area (Å²) in [4.78, 5) is 0.0618. The van der Waals surface area contributed by atoms with E-state index < -0.39 is 10.0 Å². The van der Waals surface area contributed by atoms with Crippen molar-refractivity contribution in [2.24, 2.45) is 0 Å². The van der Waals surface area contributed by atoms with Crippen molar-refractivity contribution in [2.45, 2.75) is 18.4 Å². The Hall–Kier alpha value is -1.03. The SMILES string of the molecule is Cc1cc(CO)cc(S(=O)(=O)Nc2nncs2)c1Br. The summed E-state index contributed by atoms with van der Waals surface area (Å²) >= 11 is 4.34. The number of aryl methyl sites for hydroxylation is 1. The predicted octanol–water partition coefficient (Wildman–Crippen LogP) is 1.90. The van der Waals surface area contributed by atoms with Gasteiger partial charge in [0.2, 0.25) is 5.13 Å². The molecule has 0 aliphatic heterocycles. The fourth-order valence-corrected chi connectivity index (χ4v) is 4.25. The van der Waals surface area contributed by atoms with E-state index in [1.807, 2.05) is 0 Å². The Kier molecular flexibility index (Phi) is 4.19. The number of benzene rings is 1. The highest BCUT2D eigenvalue weighted by Gasteiger charge is 2.21.